The van der Waals surface area contributed by atoms with Gasteiger partial charge in [0.2, 0.25) is 0 Å². The molecule has 2 nitrogen and oxygen atoms in total. The van der Waals surface area contributed by atoms with E-state index in [-0.39, 0.29) is 0 Å². The molecular formula is C18H20N2S. The van der Waals surface area contributed by atoms with E-state index in [1.54, 1.807) is 0 Å². The van der Waals surface area contributed by atoms with E-state index in [9.17, 15) is 0 Å². The van der Waals surface area contributed by atoms with E-state index in [0.29, 0.717) is 6.04 Å². The molecule has 1 aliphatic rings. The molecule has 0 unspecified atom stereocenters. The first-order valence-corrected chi connectivity index (χ1v) is 7.72. The summed E-state index contributed by atoms with van der Waals surface area (Å²) in [5, 5.41) is 4.20. The van der Waals surface area contributed by atoms with Crippen LogP contribution < -0.4 is 10.2 Å². The van der Waals surface area contributed by atoms with E-state index in [2.05, 4.69) is 73.5 Å². The van der Waals surface area contributed by atoms with Gasteiger partial charge in [-0.2, -0.15) is 0 Å². The summed E-state index contributed by atoms with van der Waals surface area (Å²) in [6.45, 7) is 6.42. The quantitative estimate of drug-likeness (QED) is 0.783. The number of anilines is 2. The van der Waals surface area contributed by atoms with E-state index in [0.717, 1.165) is 17.2 Å². The Bertz CT molecular complexity index is 693. The summed E-state index contributed by atoms with van der Waals surface area (Å²) in [6, 6.07) is 15.3. The highest BCUT2D eigenvalue weighted by Crippen LogP contribution is 2.32. The highest BCUT2D eigenvalue weighted by atomic mass is 32.1. The fourth-order valence-electron chi connectivity index (χ4n) is 2.92. The van der Waals surface area contributed by atoms with E-state index >= 15 is 0 Å². The number of hydrogen-bond donors (Lipinski definition) is 1. The van der Waals surface area contributed by atoms with Crippen LogP contribution in [-0.4, -0.2) is 11.2 Å². The average molecular weight is 296 g/mol. The molecule has 1 atom stereocenters. The van der Waals surface area contributed by atoms with Gasteiger partial charge >= 0.3 is 0 Å². The van der Waals surface area contributed by atoms with Crippen molar-refractivity contribution >= 4 is 28.7 Å². The predicted octanol–water partition coefficient (Wildman–Crippen LogP) is 4.45. The second-order valence-electron chi connectivity index (χ2n) is 5.80. The number of para-hydroxylation sites is 1. The molecule has 0 fully saturated rings. The third-order valence-electron chi connectivity index (χ3n) is 4.06. The predicted molar refractivity (Wildman–Crippen MR) is 94.2 cm³/mol. The number of fused-ring (bicyclic) bond motifs is 1. The molecule has 0 spiro atoms. The number of nitrogens with one attached hydrogen (secondary N) is 1. The fourth-order valence-corrected chi connectivity index (χ4v) is 3.31. The van der Waals surface area contributed by atoms with Gasteiger partial charge in [-0.15, -0.1) is 0 Å². The Morgan fingerprint density at radius 3 is 2.76 bits per heavy atom. The lowest BCUT2D eigenvalue weighted by atomic mass is 10.1. The molecule has 0 aliphatic carbocycles. The minimum atomic E-state index is 0.396. The molecule has 0 aromatic heterocycles. The number of nitrogens with zero attached hydrogens (tertiary/aromatic N) is 1. The van der Waals surface area contributed by atoms with E-state index in [1.807, 2.05) is 0 Å². The average Bonchev–Trinajstić information content (AvgIpc) is 2.78. The van der Waals surface area contributed by atoms with Crippen molar-refractivity contribution in [1.82, 2.24) is 0 Å². The van der Waals surface area contributed by atoms with Gasteiger partial charge in [-0.05, 0) is 68.2 Å². The molecular weight excluding hydrogens is 276 g/mol. The van der Waals surface area contributed by atoms with E-state index < -0.39 is 0 Å². The molecule has 2 aromatic rings. The number of aryl methyl sites for hydroxylation is 2. The lowest BCUT2D eigenvalue weighted by molar-refractivity contribution is 0.776. The van der Waals surface area contributed by atoms with Gasteiger partial charge in [-0.25, -0.2) is 0 Å². The van der Waals surface area contributed by atoms with Crippen LogP contribution in [0, 0.1) is 13.8 Å². The normalized spacial score (nSPS) is 16.7. The number of hydrogen-bond acceptors (Lipinski definition) is 1. The first-order valence-electron chi connectivity index (χ1n) is 7.31. The Balaban J connectivity index is 1.87. The van der Waals surface area contributed by atoms with Crippen LogP contribution in [0.1, 0.15) is 23.6 Å². The Hall–Kier alpha value is -1.87. The molecule has 1 N–H and O–H groups in total. The van der Waals surface area contributed by atoms with Crippen molar-refractivity contribution in [1.29, 1.82) is 0 Å². The Labute approximate surface area is 131 Å². The monoisotopic (exact) mass is 296 g/mol. The minimum absolute atomic E-state index is 0.396. The highest BCUT2D eigenvalue weighted by Gasteiger charge is 2.28. The second kappa shape index (κ2) is 5.49. The fraction of sp³-hybridized carbons (Fsp3) is 0.278. The van der Waals surface area contributed by atoms with Crippen molar-refractivity contribution in [3.63, 3.8) is 0 Å². The zero-order valence-electron chi connectivity index (χ0n) is 12.7. The zero-order valence-corrected chi connectivity index (χ0v) is 13.5. The van der Waals surface area contributed by atoms with E-state index in [4.69, 9.17) is 12.2 Å². The third kappa shape index (κ3) is 2.66. The smallest absolute Gasteiger partial charge is 0.178 e. The van der Waals surface area contributed by atoms with Crippen molar-refractivity contribution in [3.05, 3.63) is 59.2 Å². The maximum absolute atomic E-state index is 5.67. The van der Waals surface area contributed by atoms with Crippen LogP contribution in [-0.2, 0) is 6.42 Å². The summed E-state index contributed by atoms with van der Waals surface area (Å²) >= 11 is 5.67. The molecule has 0 radical (unpaired) electrons. The molecule has 0 bridgehead atoms. The molecule has 1 heterocycles. The van der Waals surface area contributed by atoms with Crippen LogP contribution in [0.2, 0.25) is 0 Å². The summed E-state index contributed by atoms with van der Waals surface area (Å²) in [5.41, 5.74) is 6.14. The van der Waals surface area contributed by atoms with Crippen molar-refractivity contribution in [2.75, 3.05) is 10.2 Å². The first-order chi connectivity index (χ1) is 10.1. The molecule has 2 aromatic carbocycles. The van der Waals surface area contributed by atoms with Crippen molar-refractivity contribution < 1.29 is 0 Å². The van der Waals surface area contributed by atoms with Gasteiger partial charge in [0.05, 0.1) is 0 Å². The van der Waals surface area contributed by atoms with Gasteiger partial charge in [0.25, 0.3) is 0 Å². The van der Waals surface area contributed by atoms with Gasteiger partial charge in [-0.1, -0.05) is 30.3 Å². The summed E-state index contributed by atoms with van der Waals surface area (Å²) in [4.78, 5) is 2.23. The van der Waals surface area contributed by atoms with Crippen LogP contribution in [0.15, 0.2) is 42.5 Å². The van der Waals surface area contributed by atoms with Crippen LogP contribution >= 0.6 is 12.2 Å². The third-order valence-corrected chi connectivity index (χ3v) is 4.36. The van der Waals surface area contributed by atoms with Crippen molar-refractivity contribution in [3.8, 4) is 0 Å². The van der Waals surface area contributed by atoms with Crippen LogP contribution in [0.4, 0.5) is 11.4 Å². The number of thiocarbonyl (C=S) groups is 1. The second-order valence-corrected chi connectivity index (χ2v) is 6.19. The van der Waals surface area contributed by atoms with Crippen LogP contribution in [0.25, 0.3) is 0 Å². The molecule has 21 heavy (non-hydrogen) atoms. The Morgan fingerprint density at radius 1 is 1.19 bits per heavy atom. The molecule has 0 saturated heterocycles. The van der Waals surface area contributed by atoms with Crippen LogP contribution in [0.5, 0.6) is 0 Å². The molecule has 0 amide bonds. The number of benzene rings is 2. The maximum atomic E-state index is 5.67. The molecule has 3 rings (SSSR count). The lowest BCUT2D eigenvalue weighted by Gasteiger charge is -2.26. The minimum Gasteiger partial charge on any atom is -0.332 e. The standard InChI is InChI=1S/C18H20N2S/c1-12-8-9-13(2)16(10-12)19-18(21)20-14(3)11-15-6-4-5-7-17(15)20/h4-10,14H,11H2,1-3H3,(H,19,21)/t14-/m1/s1. The molecule has 108 valence electrons. The van der Waals surface area contributed by atoms with Gasteiger partial charge in [0.15, 0.2) is 5.11 Å². The SMILES string of the molecule is Cc1ccc(C)c(NC(=S)N2c3ccccc3C[C@H]2C)c1. The Morgan fingerprint density at radius 2 is 1.95 bits per heavy atom. The zero-order chi connectivity index (χ0) is 15.0. The highest BCUT2D eigenvalue weighted by molar-refractivity contribution is 7.80. The largest absolute Gasteiger partial charge is 0.332 e. The lowest BCUT2D eigenvalue weighted by Crippen LogP contribution is -2.39. The van der Waals surface area contributed by atoms with Crippen LogP contribution in [0.3, 0.4) is 0 Å². The van der Waals surface area contributed by atoms with Gasteiger partial charge < -0.3 is 10.2 Å². The molecule has 0 saturated carbocycles. The van der Waals surface area contributed by atoms with Gasteiger partial charge in [0, 0.05) is 17.4 Å². The maximum Gasteiger partial charge on any atom is 0.178 e. The van der Waals surface area contributed by atoms with Crippen molar-refractivity contribution in [2.24, 2.45) is 0 Å². The molecule has 3 heteroatoms. The number of rotatable bonds is 1. The summed E-state index contributed by atoms with van der Waals surface area (Å²) < 4.78 is 0. The summed E-state index contributed by atoms with van der Waals surface area (Å²) in [7, 11) is 0. The van der Waals surface area contributed by atoms with E-state index in [1.165, 1.54) is 22.4 Å². The molecule has 1 aliphatic heterocycles. The summed E-state index contributed by atoms with van der Waals surface area (Å²) in [6.07, 6.45) is 1.05. The summed E-state index contributed by atoms with van der Waals surface area (Å²) in [5.74, 6) is 0. The van der Waals surface area contributed by atoms with Gasteiger partial charge in [-0.3, -0.25) is 0 Å². The Kier molecular flexibility index (Phi) is 3.68. The first kappa shape index (κ1) is 14.1. The topological polar surface area (TPSA) is 15.3 Å². The van der Waals surface area contributed by atoms with Gasteiger partial charge in [0.1, 0.15) is 0 Å². The van der Waals surface area contributed by atoms with Crippen molar-refractivity contribution in [2.45, 2.75) is 33.2 Å².